The van der Waals surface area contributed by atoms with E-state index in [4.69, 9.17) is 15.2 Å². The first-order valence-corrected chi connectivity index (χ1v) is 7.45. The Hall–Kier alpha value is -1.26. The van der Waals surface area contributed by atoms with Gasteiger partial charge in [-0.25, -0.2) is 0 Å². The molecule has 20 heavy (non-hydrogen) atoms. The molecule has 0 saturated carbocycles. The minimum absolute atomic E-state index is 0.175. The smallest absolute Gasteiger partial charge is 0.119 e. The maximum atomic E-state index is 5.94. The van der Waals surface area contributed by atoms with E-state index in [1.54, 1.807) is 7.11 Å². The van der Waals surface area contributed by atoms with Crippen molar-refractivity contribution in [3.63, 3.8) is 0 Å². The normalized spacial score (nSPS) is 18.1. The molecule has 4 nitrogen and oxygen atoms in total. The highest BCUT2D eigenvalue weighted by atomic mass is 16.5. The van der Waals surface area contributed by atoms with Gasteiger partial charge in [-0.05, 0) is 44.0 Å². The molecule has 1 fully saturated rings. The van der Waals surface area contributed by atoms with Crippen molar-refractivity contribution in [1.29, 1.82) is 0 Å². The Morgan fingerprint density at radius 2 is 1.90 bits per heavy atom. The fourth-order valence-corrected chi connectivity index (χ4v) is 2.47. The SMILES string of the molecule is COCCC(C)Oc1ccc(N2CCC(N)CC2)cc1. The van der Waals surface area contributed by atoms with Crippen LogP contribution in [0, 0.1) is 0 Å². The van der Waals surface area contributed by atoms with Crippen molar-refractivity contribution in [3.8, 4) is 5.75 Å². The molecule has 1 atom stereocenters. The molecule has 0 aromatic heterocycles. The lowest BCUT2D eigenvalue weighted by molar-refractivity contribution is 0.135. The molecule has 1 aliphatic heterocycles. The maximum Gasteiger partial charge on any atom is 0.119 e. The molecule has 1 heterocycles. The van der Waals surface area contributed by atoms with E-state index in [-0.39, 0.29) is 6.10 Å². The summed E-state index contributed by atoms with van der Waals surface area (Å²) in [5.41, 5.74) is 7.20. The summed E-state index contributed by atoms with van der Waals surface area (Å²) < 4.78 is 10.9. The van der Waals surface area contributed by atoms with Gasteiger partial charge in [0.2, 0.25) is 0 Å². The van der Waals surface area contributed by atoms with Crippen molar-refractivity contribution in [3.05, 3.63) is 24.3 Å². The number of rotatable bonds is 6. The van der Waals surface area contributed by atoms with Gasteiger partial charge in [0.1, 0.15) is 5.75 Å². The Morgan fingerprint density at radius 1 is 1.25 bits per heavy atom. The molecule has 0 radical (unpaired) electrons. The molecule has 1 unspecified atom stereocenters. The van der Waals surface area contributed by atoms with Crippen LogP contribution in [0.5, 0.6) is 5.75 Å². The van der Waals surface area contributed by atoms with Crippen molar-refractivity contribution in [1.82, 2.24) is 0 Å². The van der Waals surface area contributed by atoms with Crippen molar-refractivity contribution in [2.24, 2.45) is 5.73 Å². The molecule has 2 rings (SSSR count). The summed E-state index contributed by atoms with van der Waals surface area (Å²) >= 11 is 0. The standard InChI is InChI=1S/C16H26N2O2/c1-13(9-12-19-2)20-16-5-3-15(4-6-16)18-10-7-14(17)8-11-18/h3-6,13-14H,7-12,17H2,1-2H3. The second-order valence-electron chi connectivity index (χ2n) is 5.53. The lowest BCUT2D eigenvalue weighted by Crippen LogP contribution is -2.39. The van der Waals surface area contributed by atoms with Crippen LogP contribution in [-0.4, -0.2) is 39.0 Å². The van der Waals surface area contributed by atoms with E-state index in [1.807, 2.05) is 12.1 Å². The molecule has 2 N–H and O–H groups in total. The first kappa shape index (κ1) is 15.1. The topological polar surface area (TPSA) is 47.7 Å². The molecule has 1 aromatic carbocycles. The first-order valence-electron chi connectivity index (χ1n) is 7.45. The van der Waals surface area contributed by atoms with Crippen LogP contribution in [-0.2, 0) is 4.74 Å². The predicted octanol–water partition coefficient (Wildman–Crippen LogP) is 2.42. The number of anilines is 1. The summed E-state index contributed by atoms with van der Waals surface area (Å²) in [6, 6.07) is 8.74. The van der Waals surface area contributed by atoms with Gasteiger partial charge >= 0.3 is 0 Å². The van der Waals surface area contributed by atoms with Gasteiger partial charge in [-0.15, -0.1) is 0 Å². The number of nitrogens with two attached hydrogens (primary N) is 1. The van der Waals surface area contributed by atoms with Crippen LogP contribution in [0.3, 0.4) is 0 Å². The lowest BCUT2D eigenvalue weighted by Gasteiger charge is -2.32. The van der Waals surface area contributed by atoms with Gasteiger partial charge in [0.05, 0.1) is 6.10 Å². The summed E-state index contributed by atoms with van der Waals surface area (Å²) in [7, 11) is 1.71. The van der Waals surface area contributed by atoms with E-state index >= 15 is 0 Å². The predicted molar refractivity (Wildman–Crippen MR) is 82.4 cm³/mol. The fourth-order valence-electron chi connectivity index (χ4n) is 2.47. The zero-order valence-electron chi connectivity index (χ0n) is 12.5. The molecular weight excluding hydrogens is 252 g/mol. The van der Waals surface area contributed by atoms with E-state index in [9.17, 15) is 0 Å². The molecule has 0 aliphatic carbocycles. The lowest BCUT2D eigenvalue weighted by atomic mass is 10.1. The molecule has 1 aliphatic rings. The summed E-state index contributed by atoms with van der Waals surface area (Å²) in [4.78, 5) is 2.39. The van der Waals surface area contributed by atoms with Gasteiger partial charge in [0, 0.05) is 45.0 Å². The molecule has 0 amide bonds. The van der Waals surface area contributed by atoms with E-state index in [0.29, 0.717) is 6.04 Å². The van der Waals surface area contributed by atoms with Crippen LogP contribution in [0.4, 0.5) is 5.69 Å². The van der Waals surface area contributed by atoms with Crippen molar-refractivity contribution in [2.45, 2.75) is 38.3 Å². The van der Waals surface area contributed by atoms with Crippen molar-refractivity contribution in [2.75, 3.05) is 31.7 Å². The Bertz CT molecular complexity index is 386. The minimum atomic E-state index is 0.175. The summed E-state index contributed by atoms with van der Waals surface area (Å²) in [6.07, 6.45) is 3.23. The third-order valence-electron chi connectivity index (χ3n) is 3.81. The van der Waals surface area contributed by atoms with Gasteiger partial charge in [0.25, 0.3) is 0 Å². The summed E-state index contributed by atoms with van der Waals surface area (Å²) in [6.45, 7) is 4.89. The van der Waals surface area contributed by atoms with Crippen LogP contribution < -0.4 is 15.4 Å². The van der Waals surface area contributed by atoms with Gasteiger partial charge in [-0.3, -0.25) is 0 Å². The van der Waals surface area contributed by atoms with Crippen LogP contribution in [0.2, 0.25) is 0 Å². The Kier molecular flexibility index (Phi) is 5.68. The first-order chi connectivity index (χ1) is 9.69. The number of piperidine rings is 1. The van der Waals surface area contributed by atoms with E-state index in [1.165, 1.54) is 5.69 Å². The van der Waals surface area contributed by atoms with Crippen molar-refractivity contribution < 1.29 is 9.47 Å². The van der Waals surface area contributed by atoms with Crippen LogP contribution >= 0.6 is 0 Å². The number of benzene rings is 1. The third kappa shape index (κ3) is 4.39. The Balaban J connectivity index is 1.86. The number of ether oxygens (including phenoxy) is 2. The monoisotopic (exact) mass is 278 g/mol. The minimum Gasteiger partial charge on any atom is -0.491 e. The molecule has 1 saturated heterocycles. The highest BCUT2D eigenvalue weighted by Gasteiger charge is 2.16. The third-order valence-corrected chi connectivity index (χ3v) is 3.81. The van der Waals surface area contributed by atoms with E-state index in [0.717, 1.165) is 44.7 Å². The fraction of sp³-hybridized carbons (Fsp3) is 0.625. The molecule has 0 spiro atoms. The van der Waals surface area contributed by atoms with Crippen LogP contribution in [0.1, 0.15) is 26.2 Å². The highest BCUT2D eigenvalue weighted by Crippen LogP contribution is 2.23. The van der Waals surface area contributed by atoms with Crippen LogP contribution in [0.25, 0.3) is 0 Å². The molecule has 4 heteroatoms. The largest absolute Gasteiger partial charge is 0.491 e. The van der Waals surface area contributed by atoms with Gasteiger partial charge in [-0.1, -0.05) is 0 Å². The highest BCUT2D eigenvalue weighted by molar-refractivity contribution is 5.49. The quantitative estimate of drug-likeness (QED) is 0.868. The average molecular weight is 278 g/mol. The second kappa shape index (κ2) is 7.50. The molecule has 112 valence electrons. The molecular formula is C16H26N2O2. The second-order valence-corrected chi connectivity index (χ2v) is 5.53. The number of nitrogens with zero attached hydrogens (tertiary/aromatic N) is 1. The van der Waals surface area contributed by atoms with Gasteiger partial charge < -0.3 is 20.1 Å². The van der Waals surface area contributed by atoms with E-state index in [2.05, 4.69) is 24.0 Å². The molecule has 1 aromatic rings. The molecule has 0 bridgehead atoms. The Labute approximate surface area is 121 Å². The zero-order chi connectivity index (χ0) is 14.4. The summed E-state index contributed by atoms with van der Waals surface area (Å²) in [5.74, 6) is 0.922. The number of hydrogen-bond donors (Lipinski definition) is 1. The van der Waals surface area contributed by atoms with E-state index < -0.39 is 0 Å². The summed E-state index contributed by atoms with van der Waals surface area (Å²) in [5, 5.41) is 0. The van der Waals surface area contributed by atoms with Gasteiger partial charge in [-0.2, -0.15) is 0 Å². The number of methoxy groups -OCH3 is 1. The number of hydrogen-bond acceptors (Lipinski definition) is 4. The maximum absolute atomic E-state index is 5.94. The Morgan fingerprint density at radius 3 is 2.50 bits per heavy atom. The van der Waals surface area contributed by atoms with Gasteiger partial charge in [0.15, 0.2) is 0 Å². The zero-order valence-corrected chi connectivity index (χ0v) is 12.5. The average Bonchev–Trinajstić information content (AvgIpc) is 2.47. The van der Waals surface area contributed by atoms with Crippen LogP contribution in [0.15, 0.2) is 24.3 Å². The van der Waals surface area contributed by atoms with Crippen molar-refractivity contribution >= 4 is 5.69 Å².